The van der Waals surface area contributed by atoms with Gasteiger partial charge in [-0.05, 0) is 31.0 Å². The van der Waals surface area contributed by atoms with Gasteiger partial charge >= 0.3 is 0 Å². The van der Waals surface area contributed by atoms with Crippen LogP contribution in [0.1, 0.15) is 0 Å². The molecule has 0 unspecified atom stereocenters. The van der Waals surface area contributed by atoms with Gasteiger partial charge in [0.2, 0.25) is 0 Å². The number of fused-ring (bicyclic) bond motifs is 1. The number of nitrogens with zero attached hydrogens (tertiary/aromatic N) is 2. The number of aromatic nitrogens is 2. The highest BCUT2D eigenvalue weighted by Crippen LogP contribution is 2.40. The maximum atomic E-state index is 14.4. The topological polar surface area (TPSA) is 61.7 Å². The zero-order chi connectivity index (χ0) is 16.7. The number of thiophene rings is 1. The van der Waals surface area contributed by atoms with Crippen molar-refractivity contribution in [3.05, 3.63) is 29.4 Å². The third-order valence-corrected chi connectivity index (χ3v) is 5.97. The molecule has 0 aliphatic carbocycles. The van der Waals surface area contributed by atoms with Gasteiger partial charge in [-0.1, -0.05) is 6.07 Å². The van der Waals surface area contributed by atoms with Crippen molar-refractivity contribution in [3.63, 3.8) is 0 Å². The van der Waals surface area contributed by atoms with Crippen LogP contribution in [0.5, 0.6) is 5.88 Å². The Bertz CT molecular complexity index is 943. The number of nitrogens with one attached hydrogen (secondary N) is 1. The fraction of sp³-hybridized carbons (Fsp3) is 0.250. The number of ether oxygens (including phenoxy) is 1. The summed E-state index contributed by atoms with van der Waals surface area (Å²) in [4.78, 5) is 0.897. The van der Waals surface area contributed by atoms with E-state index >= 15 is 0 Å². The van der Waals surface area contributed by atoms with Crippen molar-refractivity contribution in [1.82, 2.24) is 10.2 Å². The quantitative estimate of drug-likeness (QED) is 0.553. The first-order valence-corrected chi connectivity index (χ1v) is 9.65. The maximum Gasteiger partial charge on any atom is 0.275 e. The highest BCUT2D eigenvalue weighted by molar-refractivity contribution is 7.98. The summed E-state index contributed by atoms with van der Waals surface area (Å²) in [6, 6.07) is 5.26. The molecular weight excluding hydrogens is 344 g/mol. The van der Waals surface area contributed by atoms with Gasteiger partial charge in [0.25, 0.3) is 12.6 Å². The van der Waals surface area contributed by atoms with Crippen LogP contribution in [0.4, 0.5) is 4.39 Å². The molecule has 0 spiro atoms. The Labute approximate surface area is 147 Å². The monoisotopic (exact) mass is 357 g/mol. The molecule has 3 aromatic rings. The van der Waals surface area contributed by atoms with E-state index in [1.54, 1.807) is 12.1 Å². The van der Waals surface area contributed by atoms with Gasteiger partial charge < -0.3 is 4.74 Å². The van der Waals surface area contributed by atoms with Gasteiger partial charge in [0.15, 0.2) is 0 Å². The molecule has 120 valence electrons. The van der Waals surface area contributed by atoms with E-state index in [4.69, 9.17) is 10.00 Å². The van der Waals surface area contributed by atoms with E-state index < -0.39 is 0 Å². The number of thioether (sulfide) groups is 1. The molecule has 4 nitrogen and oxygen atoms in total. The summed E-state index contributed by atoms with van der Waals surface area (Å²) >= 11 is 3.00. The molecule has 4 rings (SSSR count). The molecule has 0 bridgehead atoms. The van der Waals surface area contributed by atoms with Crippen LogP contribution >= 0.6 is 23.1 Å². The summed E-state index contributed by atoms with van der Waals surface area (Å²) in [5.74, 6) is 2.54. The summed E-state index contributed by atoms with van der Waals surface area (Å²) in [7, 11) is 0. The number of halogens is 1. The van der Waals surface area contributed by atoms with Crippen molar-refractivity contribution in [1.29, 1.82) is 5.26 Å². The van der Waals surface area contributed by atoms with E-state index in [9.17, 15) is 4.39 Å². The molecule has 1 aromatic carbocycles. The Balaban J connectivity index is 1.64. The first kappa shape index (κ1) is 15.5. The first-order valence-electron chi connectivity index (χ1n) is 7.55. The molecule has 1 saturated heterocycles. The van der Waals surface area contributed by atoms with Crippen LogP contribution in [-0.2, 0) is 0 Å². The highest BCUT2D eigenvalue weighted by atomic mass is 32.2. The second-order valence-corrected chi connectivity index (χ2v) is 7.52. The predicted octanol–water partition coefficient (Wildman–Crippen LogP) is 4.47. The molecular formula is C16H13BFN3OS2. The number of rotatable bonds is 4. The van der Waals surface area contributed by atoms with Crippen molar-refractivity contribution in [2.24, 2.45) is 0 Å². The molecule has 0 radical (unpaired) electrons. The fourth-order valence-electron chi connectivity index (χ4n) is 2.83. The third kappa shape index (κ3) is 2.58. The van der Waals surface area contributed by atoms with Gasteiger partial charge in [0.05, 0.1) is 11.6 Å². The Morgan fingerprint density at radius 3 is 3.00 bits per heavy atom. The molecule has 1 aliphatic rings. The second kappa shape index (κ2) is 6.15. The summed E-state index contributed by atoms with van der Waals surface area (Å²) in [5.41, 5.74) is 2.15. The maximum absolute atomic E-state index is 14.4. The van der Waals surface area contributed by atoms with Gasteiger partial charge in [-0.15, -0.1) is 28.2 Å². The lowest BCUT2D eigenvalue weighted by atomic mass is 9.35. The first-order chi connectivity index (χ1) is 11.7. The largest absolute Gasteiger partial charge is 0.474 e. The molecule has 1 aliphatic heterocycles. The van der Waals surface area contributed by atoms with Crippen LogP contribution in [0.3, 0.4) is 0 Å². The van der Waals surface area contributed by atoms with E-state index in [0.29, 0.717) is 11.4 Å². The predicted molar refractivity (Wildman–Crippen MR) is 96.5 cm³/mol. The van der Waals surface area contributed by atoms with Gasteiger partial charge in [0.1, 0.15) is 10.5 Å². The molecule has 3 heterocycles. The molecule has 2 aromatic heterocycles. The summed E-state index contributed by atoms with van der Waals surface area (Å²) < 4.78 is 21.1. The van der Waals surface area contributed by atoms with Crippen molar-refractivity contribution < 1.29 is 9.13 Å². The van der Waals surface area contributed by atoms with Crippen LogP contribution in [0, 0.1) is 17.0 Å². The molecule has 8 heteroatoms. The van der Waals surface area contributed by atoms with Crippen LogP contribution in [0.2, 0.25) is 12.6 Å². The Morgan fingerprint density at radius 1 is 1.46 bits per heavy atom. The summed E-state index contributed by atoms with van der Waals surface area (Å²) in [6.45, 7) is 0.0902. The molecule has 1 fully saturated rings. The van der Waals surface area contributed by atoms with Gasteiger partial charge in [-0.25, -0.2) is 9.65 Å². The van der Waals surface area contributed by atoms with E-state index in [1.807, 2.05) is 17.7 Å². The number of hydrogen-bond donors (Lipinski definition) is 1. The third-order valence-electron chi connectivity index (χ3n) is 4.28. The molecule has 0 amide bonds. The minimum atomic E-state index is -0.241. The standard InChI is InChI=1S/C16H13BFN3OS2/c1-23-10-2-3-11(13(18)4-10)12-7-24-15-14(12)20-21-16(15)22-9-5-17(6-9)8-19/h2-4,7,9H,5-6H2,1H3,(H,20,21). The van der Waals surface area contributed by atoms with Crippen molar-refractivity contribution in [3.8, 4) is 23.0 Å². The second-order valence-electron chi connectivity index (χ2n) is 5.77. The van der Waals surface area contributed by atoms with Gasteiger partial charge in [-0.2, -0.15) is 0 Å². The van der Waals surface area contributed by atoms with E-state index in [0.717, 1.165) is 33.3 Å². The minimum Gasteiger partial charge on any atom is -0.474 e. The van der Waals surface area contributed by atoms with Crippen LogP contribution < -0.4 is 4.74 Å². The Kier molecular flexibility index (Phi) is 3.98. The number of nitriles is 1. The SMILES string of the molecule is CSc1ccc(-c2csc3c(OC4CB(C#N)C4)n[nH]c23)c(F)c1. The molecule has 0 atom stereocenters. The summed E-state index contributed by atoms with van der Waals surface area (Å²) in [5, 5.41) is 18.0. The lowest BCUT2D eigenvalue weighted by Crippen LogP contribution is -2.38. The van der Waals surface area contributed by atoms with Crippen LogP contribution in [-0.4, -0.2) is 29.3 Å². The number of benzene rings is 1. The smallest absolute Gasteiger partial charge is 0.275 e. The lowest BCUT2D eigenvalue weighted by molar-refractivity contribution is 0.217. The average Bonchev–Trinajstić information content (AvgIpc) is 3.13. The average molecular weight is 357 g/mol. The van der Waals surface area contributed by atoms with Crippen molar-refractivity contribution in [2.45, 2.75) is 23.6 Å². The van der Waals surface area contributed by atoms with Crippen LogP contribution in [0.15, 0.2) is 28.5 Å². The Morgan fingerprint density at radius 2 is 2.29 bits per heavy atom. The van der Waals surface area contributed by atoms with Crippen molar-refractivity contribution >= 4 is 40.0 Å². The van der Waals surface area contributed by atoms with Gasteiger partial charge in [-0.3, -0.25) is 5.10 Å². The number of aromatic amines is 1. The number of hydrogen-bond acceptors (Lipinski definition) is 5. The minimum absolute atomic E-state index is 0.0456. The molecule has 0 saturated carbocycles. The van der Waals surface area contributed by atoms with E-state index in [1.165, 1.54) is 23.1 Å². The molecule has 24 heavy (non-hydrogen) atoms. The summed E-state index contributed by atoms with van der Waals surface area (Å²) in [6.07, 6.45) is 3.46. The van der Waals surface area contributed by atoms with E-state index in [2.05, 4.69) is 16.2 Å². The van der Waals surface area contributed by atoms with Crippen molar-refractivity contribution in [2.75, 3.05) is 6.26 Å². The highest BCUT2D eigenvalue weighted by Gasteiger charge is 2.35. The normalized spacial score (nSPS) is 14.6. The van der Waals surface area contributed by atoms with Gasteiger partial charge in [0, 0.05) is 27.4 Å². The van der Waals surface area contributed by atoms with E-state index in [-0.39, 0.29) is 18.6 Å². The zero-order valence-electron chi connectivity index (χ0n) is 12.9. The molecule has 1 N–H and O–H groups in total. The number of H-pyrrole nitrogens is 1. The lowest BCUT2D eigenvalue weighted by Gasteiger charge is -2.27. The fourth-order valence-corrected chi connectivity index (χ4v) is 4.20. The van der Waals surface area contributed by atoms with Crippen LogP contribution in [0.25, 0.3) is 21.3 Å². The zero-order valence-corrected chi connectivity index (χ0v) is 14.5. The Hall–Kier alpha value is -1.98.